The van der Waals surface area contributed by atoms with Crippen LogP contribution in [0.25, 0.3) is 21.8 Å². The number of carbonyl (C=O) groups is 1. The number of amides is 1. The molecule has 0 bridgehead atoms. The first kappa shape index (κ1) is 18.8. The highest BCUT2D eigenvalue weighted by Gasteiger charge is 2.18. The molecule has 3 aromatic carbocycles. The van der Waals surface area contributed by atoms with E-state index in [1.54, 1.807) is 0 Å². The smallest absolute Gasteiger partial charge is 0.240 e. The largest absolute Gasteiger partial charge is 0.376 e. The molecular formula is C25H25N3O2. The van der Waals surface area contributed by atoms with Gasteiger partial charge in [0.15, 0.2) is 0 Å². The standard InChI is InChI=1S/C25H25N3O2/c29-25(26-16-20-10-6-14-30-20)17-28-23-13-4-3-12-22(23)27-24(28)15-19-9-5-8-18-7-1-2-11-21(18)19/h1-5,7-9,11-13,20H,6,10,14-17H2,(H,26,29). The summed E-state index contributed by atoms with van der Waals surface area (Å²) in [5.74, 6) is 0.896. The van der Waals surface area contributed by atoms with Gasteiger partial charge in [-0.3, -0.25) is 4.79 Å². The third-order valence-corrected chi connectivity index (χ3v) is 5.81. The highest BCUT2D eigenvalue weighted by atomic mass is 16.5. The molecule has 1 aliphatic rings. The van der Waals surface area contributed by atoms with E-state index in [4.69, 9.17) is 9.72 Å². The third-order valence-electron chi connectivity index (χ3n) is 5.81. The zero-order chi connectivity index (χ0) is 20.3. The summed E-state index contributed by atoms with van der Waals surface area (Å²) in [4.78, 5) is 17.6. The quantitative estimate of drug-likeness (QED) is 0.532. The maximum absolute atomic E-state index is 12.7. The molecule has 30 heavy (non-hydrogen) atoms. The molecule has 0 radical (unpaired) electrons. The van der Waals surface area contributed by atoms with Gasteiger partial charge in [-0.15, -0.1) is 0 Å². The lowest BCUT2D eigenvalue weighted by Crippen LogP contribution is -2.34. The summed E-state index contributed by atoms with van der Waals surface area (Å²) in [6, 6.07) is 22.7. The van der Waals surface area contributed by atoms with Crippen molar-refractivity contribution >= 4 is 27.7 Å². The normalized spacial score (nSPS) is 16.3. The van der Waals surface area contributed by atoms with Gasteiger partial charge in [0.05, 0.1) is 17.1 Å². The first-order valence-corrected chi connectivity index (χ1v) is 10.6. The molecule has 4 aromatic rings. The Morgan fingerprint density at radius 3 is 2.80 bits per heavy atom. The SMILES string of the molecule is O=C(Cn1c(Cc2cccc3ccccc23)nc2ccccc21)NCC1CCCO1. The van der Waals surface area contributed by atoms with Crippen LogP contribution in [0, 0.1) is 0 Å². The maximum atomic E-state index is 12.7. The Bertz CT molecular complexity index is 1190. The van der Waals surface area contributed by atoms with Crippen LogP contribution < -0.4 is 5.32 Å². The fraction of sp³-hybridized carbons (Fsp3) is 0.280. The topological polar surface area (TPSA) is 56.2 Å². The Balaban J connectivity index is 1.44. The van der Waals surface area contributed by atoms with Gasteiger partial charge in [0.2, 0.25) is 5.91 Å². The third kappa shape index (κ3) is 3.81. The lowest BCUT2D eigenvalue weighted by atomic mass is 10.0. The molecular weight excluding hydrogens is 374 g/mol. The van der Waals surface area contributed by atoms with Crippen molar-refractivity contribution < 1.29 is 9.53 Å². The van der Waals surface area contributed by atoms with Gasteiger partial charge in [0.25, 0.3) is 0 Å². The van der Waals surface area contributed by atoms with E-state index >= 15 is 0 Å². The van der Waals surface area contributed by atoms with Crippen LogP contribution in [0.5, 0.6) is 0 Å². The summed E-state index contributed by atoms with van der Waals surface area (Å²) in [6.45, 7) is 1.62. The van der Waals surface area contributed by atoms with Gasteiger partial charge < -0.3 is 14.6 Å². The van der Waals surface area contributed by atoms with Crippen LogP contribution >= 0.6 is 0 Å². The minimum Gasteiger partial charge on any atom is -0.376 e. The first-order chi connectivity index (χ1) is 14.8. The number of benzene rings is 3. The molecule has 1 saturated heterocycles. The number of para-hydroxylation sites is 2. The van der Waals surface area contributed by atoms with E-state index in [0.717, 1.165) is 36.3 Å². The number of nitrogens with one attached hydrogen (secondary N) is 1. The van der Waals surface area contributed by atoms with Crippen molar-refractivity contribution in [3.63, 3.8) is 0 Å². The molecule has 0 spiro atoms. The van der Waals surface area contributed by atoms with Crippen LogP contribution in [0.3, 0.4) is 0 Å². The predicted molar refractivity (Wildman–Crippen MR) is 118 cm³/mol. The van der Waals surface area contributed by atoms with Crippen molar-refractivity contribution in [3.8, 4) is 0 Å². The second-order valence-corrected chi connectivity index (χ2v) is 7.86. The Morgan fingerprint density at radius 2 is 1.90 bits per heavy atom. The van der Waals surface area contributed by atoms with Gasteiger partial charge >= 0.3 is 0 Å². The minimum atomic E-state index is -0.00665. The molecule has 1 aliphatic heterocycles. The molecule has 1 N–H and O–H groups in total. The van der Waals surface area contributed by atoms with Gasteiger partial charge in [-0.05, 0) is 41.3 Å². The van der Waals surface area contributed by atoms with Crippen LogP contribution in [0.1, 0.15) is 24.2 Å². The monoisotopic (exact) mass is 399 g/mol. The number of carbonyl (C=O) groups excluding carboxylic acids is 1. The highest BCUT2D eigenvalue weighted by molar-refractivity contribution is 5.86. The maximum Gasteiger partial charge on any atom is 0.240 e. The molecule has 152 valence electrons. The van der Waals surface area contributed by atoms with Crippen LogP contribution in [0.2, 0.25) is 0 Å². The van der Waals surface area contributed by atoms with Crippen molar-refractivity contribution in [1.82, 2.24) is 14.9 Å². The molecule has 5 nitrogen and oxygen atoms in total. The number of imidazole rings is 1. The fourth-order valence-electron chi connectivity index (χ4n) is 4.29. The number of rotatable bonds is 6. The summed E-state index contributed by atoms with van der Waals surface area (Å²) in [5, 5.41) is 5.47. The lowest BCUT2D eigenvalue weighted by molar-refractivity contribution is -0.122. The average molecular weight is 399 g/mol. The Morgan fingerprint density at radius 1 is 1.07 bits per heavy atom. The van der Waals surface area contributed by atoms with Crippen molar-refractivity contribution in [1.29, 1.82) is 0 Å². The summed E-state index contributed by atoms with van der Waals surface area (Å²) in [7, 11) is 0. The second kappa shape index (κ2) is 8.28. The Labute approximate surface area is 175 Å². The number of nitrogens with zero attached hydrogens (tertiary/aromatic N) is 2. The Kier molecular flexibility index (Phi) is 5.20. The molecule has 1 unspecified atom stereocenters. The number of hydrogen-bond donors (Lipinski definition) is 1. The molecule has 5 heteroatoms. The van der Waals surface area contributed by atoms with Gasteiger partial charge in [-0.25, -0.2) is 4.98 Å². The summed E-state index contributed by atoms with van der Waals surface area (Å²) < 4.78 is 7.66. The number of ether oxygens (including phenoxy) is 1. The number of fused-ring (bicyclic) bond motifs is 2. The zero-order valence-corrected chi connectivity index (χ0v) is 16.9. The van der Waals surface area contributed by atoms with Crippen LogP contribution in [-0.2, 0) is 22.5 Å². The van der Waals surface area contributed by atoms with E-state index in [-0.39, 0.29) is 18.6 Å². The molecule has 1 aromatic heterocycles. The summed E-state index contributed by atoms with van der Waals surface area (Å²) in [6.07, 6.45) is 2.90. The highest BCUT2D eigenvalue weighted by Crippen LogP contribution is 2.23. The summed E-state index contributed by atoms with van der Waals surface area (Å²) >= 11 is 0. The van der Waals surface area contributed by atoms with Crippen molar-refractivity contribution in [2.75, 3.05) is 13.2 Å². The molecule has 1 amide bonds. The van der Waals surface area contributed by atoms with Crippen molar-refractivity contribution in [3.05, 3.63) is 78.1 Å². The van der Waals surface area contributed by atoms with Crippen LogP contribution in [-0.4, -0.2) is 34.7 Å². The van der Waals surface area contributed by atoms with E-state index in [1.807, 2.05) is 28.8 Å². The molecule has 0 saturated carbocycles. The molecule has 1 atom stereocenters. The molecule has 0 aliphatic carbocycles. The van der Waals surface area contributed by atoms with Gasteiger partial charge in [-0.1, -0.05) is 54.6 Å². The van der Waals surface area contributed by atoms with E-state index in [9.17, 15) is 4.79 Å². The minimum absolute atomic E-state index is 0.00665. The van der Waals surface area contributed by atoms with Gasteiger partial charge in [0, 0.05) is 19.6 Å². The van der Waals surface area contributed by atoms with E-state index in [2.05, 4.69) is 47.8 Å². The van der Waals surface area contributed by atoms with E-state index in [0.29, 0.717) is 13.0 Å². The van der Waals surface area contributed by atoms with Crippen LogP contribution in [0.4, 0.5) is 0 Å². The predicted octanol–water partition coefficient (Wildman–Crippen LogP) is 4.08. The first-order valence-electron chi connectivity index (χ1n) is 10.6. The number of hydrogen-bond acceptors (Lipinski definition) is 3. The summed E-state index contributed by atoms with van der Waals surface area (Å²) in [5.41, 5.74) is 3.11. The number of aromatic nitrogens is 2. The molecule has 1 fully saturated rings. The fourth-order valence-corrected chi connectivity index (χ4v) is 4.29. The van der Waals surface area contributed by atoms with Gasteiger partial charge in [0.1, 0.15) is 12.4 Å². The van der Waals surface area contributed by atoms with Crippen molar-refractivity contribution in [2.45, 2.75) is 31.9 Å². The molecule has 2 heterocycles. The average Bonchev–Trinajstić information content (AvgIpc) is 3.41. The molecule has 5 rings (SSSR count). The van der Waals surface area contributed by atoms with Gasteiger partial charge in [-0.2, -0.15) is 0 Å². The van der Waals surface area contributed by atoms with E-state index < -0.39 is 0 Å². The second-order valence-electron chi connectivity index (χ2n) is 7.86. The van der Waals surface area contributed by atoms with Crippen molar-refractivity contribution in [2.24, 2.45) is 0 Å². The van der Waals surface area contributed by atoms with E-state index in [1.165, 1.54) is 16.3 Å². The van der Waals surface area contributed by atoms with Crippen LogP contribution in [0.15, 0.2) is 66.7 Å². The lowest BCUT2D eigenvalue weighted by Gasteiger charge is -2.13. The zero-order valence-electron chi connectivity index (χ0n) is 16.9. The Hall–Kier alpha value is -3.18.